The van der Waals surface area contributed by atoms with Crippen LogP contribution in [-0.4, -0.2) is 23.8 Å². The second-order valence-corrected chi connectivity index (χ2v) is 4.78. The van der Waals surface area contributed by atoms with Gasteiger partial charge in [0.25, 0.3) is 0 Å². The number of aliphatic imine (C=N–C) groups is 1. The molecule has 0 amide bonds. The Morgan fingerprint density at radius 2 is 1.94 bits per heavy atom. The first-order valence-electron chi connectivity index (χ1n) is 6.39. The van der Waals surface area contributed by atoms with Gasteiger partial charge in [-0.05, 0) is 57.1 Å². The molecule has 6 heteroatoms. The van der Waals surface area contributed by atoms with E-state index in [2.05, 4.69) is 4.99 Å². The highest BCUT2D eigenvalue weighted by atomic mass is 16.6. The van der Waals surface area contributed by atoms with Crippen molar-refractivity contribution in [3.63, 3.8) is 0 Å². The second kappa shape index (κ2) is 7.10. The van der Waals surface area contributed by atoms with E-state index in [0.717, 1.165) is 32.2 Å². The first-order valence-corrected chi connectivity index (χ1v) is 6.39. The molecule has 1 saturated carbocycles. The van der Waals surface area contributed by atoms with Gasteiger partial charge in [0.2, 0.25) is 0 Å². The predicted molar refractivity (Wildman–Crippen MR) is 71.7 cm³/mol. The van der Waals surface area contributed by atoms with E-state index in [1.54, 1.807) is 6.92 Å². The zero-order valence-electron chi connectivity index (χ0n) is 10.8. The van der Waals surface area contributed by atoms with Crippen molar-refractivity contribution >= 4 is 5.84 Å². The molecule has 0 bridgehead atoms. The maximum absolute atomic E-state index is 10.7. The minimum absolute atomic E-state index is 0.0310. The number of rotatable bonds is 5. The summed E-state index contributed by atoms with van der Waals surface area (Å²) in [6.45, 7) is 2.92. The molecule has 0 aromatic heterocycles. The van der Waals surface area contributed by atoms with Gasteiger partial charge in [-0.2, -0.15) is 0 Å². The van der Waals surface area contributed by atoms with E-state index in [1.807, 2.05) is 0 Å². The third-order valence-electron chi connectivity index (χ3n) is 3.55. The van der Waals surface area contributed by atoms with Crippen LogP contribution in [0.1, 0.15) is 32.6 Å². The lowest BCUT2D eigenvalue weighted by atomic mass is 9.82. The van der Waals surface area contributed by atoms with E-state index >= 15 is 0 Å². The normalized spacial score (nSPS) is 26.1. The number of nitrogens with two attached hydrogens (primary N) is 2. The van der Waals surface area contributed by atoms with Gasteiger partial charge < -0.3 is 11.5 Å². The average Bonchev–Trinajstić information content (AvgIpc) is 2.37. The molecule has 0 unspecified atom stereocenters. The van der Waals surface area contributed by atoms with E-state index in [9.17, 15) is 10.1 Å². The third-order valence-corrected chi connectivity index (χ3v) is 3.55. The largest absolute Gasteiger partial charge is 0.378 e. The molecular formula is C12H22N4O2. The summed E-state index contributed by atoms with van der Waals surface area (Å²) in [5, 5.41) is 10.7. The molecule has 1 fully saturated rings. The highest BCUT2D eigenvalue weighted by Gasteiger charge is 2.21. The fraction of sp³-hybridized carbons (Fsp3) is 0.750. The molecule has 0 radical (unpaired) electrons. The zero-order chi connectivity index (χ0) is 13.5. The lowest BCUT2D eigenvalue weighted by Gasteiger charge is -2.26. The fourth-order valence-corrected chi connectivity index (χ4v) is 2.31. The van der Waals surface area contributed by atoms with E-state index in [4.69, 9.17) is 11.5 Å². The van der Waals surface area contributed by atoms with Crippen LogP contribution in [0.25, 0.3) is 0 Å². The zero-order valence-corrected chi connectivity index (χ0v) is 10.8. The molecule has 0 aromatic rings. The van der Waals surface area contributed by atoms with Crippen LogP contribution in [0.5, 0.6) is 0 Å². The van der Waals surface area contributed by atoms with Crippen molar-refractivity contribution in [3.05, 3.63) is 21.9 Å². The standard InChI is InChI=1S/C12H22N4O2/c1-2-11(16(17)18)12(14)15-8-10-5-3-9(7-13)4-6-10/h2,9-10H,3-8,13H2,1H3,(H2,14,15)/b11-2+. The smallest absolute Gasteiger partial charge is 0.306 e. The van der Waals surface area contributed by atoms with Crippen LogP contribution in [0.15, 0.2) is 16.8 Å². The Labute approximate surface area is 107 Å². The van der Waals surface area contributed by atoms with Crippen LogP contribution in [0.4, 0.5) is 0 Å². The summed E-state index contributed by atoms with van der Waals surface area (Å²) >= 11 is 0. The molecule has 0 aliphatic heterocycles. The van der Waals surface area contributed by atoms with Crippen molar-refractivity contribution < 1.29 is 4.92 Å². The second-order valence-electron chi connectivity index (χ2n) is 4.78. The van der Waals surface area contributed by atoms with Gasteiger partial charge in [-0.25, -0.2) is 0 Å². The maximum atomic E-state index is 10.7. The summed E-state index contributed by atoms with van der Waals surface area (Å²) < 4.78 is 0. The summed E-state index contributed by atoms with van der Waals surface area (Å²) in [6, 6.07) is 0. The van der Waals surface area contributed by atoms with Gasteiger partial charge in [-0.1, -0.05) is 0 Å². The Balaban J connectivity index is 2.47. The van der Waals surface area contributed by atoms with Crippen LogP contribution >= 0.6 is 0 Å². The number of nitro groups is 1. The van der Waals surface area contributed by atoms with Gasteiger partial charge in [-0.3, -0.25) is 15.1 Å². The average molecular weight is 254 g/mol. The van der Waals surface area contributed by atoms with Crippen LogP contribution in [-0.2, 0) is 0 Å². The highest BCUT2D eigenvalue weighted by Crippen LogP contribution is 2.28. The Kier molecular flexibility index (Phi) is 5.77. The van der Waals surface area contributed by atoms with Crippen LogP contribution < -0.4 is 11.5 Å². The minimum Gasteiger partial charge on any atom is -0.378 e. The van der Waals surface area contributed by atoms with Gasteiger partial charge >= 0.3 is 5.70 Å². The number of nitrogens with zero attached hydrogens (tertiary/aromatic N) is 2. The van der Waals surface area contributed by atoms with Gasteiger partial charge in [-0.15, -0.1) is 0 Å². The molecule has 6 nitrogen and oxygen atoms in total. The Morgan fingerprint density at radius 3 is 2.39 bits per heavy atom. The van der Waals surface area contributed by atoms with E-state index < -0.39 is 4.92 Å². The van der Waals surface area contributed by atoms with Crippen molar-refractivity contribution in [3.8, 4) is 0 Å². The molecular weight excluding hydrogens is 232 g/mol. The number of hydrogen-bond donors (Lipinski definition) is 2. The topological polar surface area (TPSA) is 108 Å². The minimum atomic E-state index is -0.496. The molecule has 4 N–H and O–H groups in total. The first kappa shape index (κ1) is 14.6. The highest BCUT2D eigenvalue weighted by molar-refractivity contribution is 5.94. The van der Waals surface area contributed by atoms with Crippen molar-refractivity contribution in [1.82, 2.24) is 0 Å². The number of hydrogen-bond acceptors (Lipinski definition) is 4. The fourth-order valence-electron chi connectivity index (χ4n) is 2.31. The lowest BCUT2D eigenvalue weighted by molar-refractivity contribution is -0.415. The molecule has 0 heterocycles. The Morgan fingerprint density at radius 1 is 1.39 bits per heavy atom. The summed E-state index contributed by atoms with van der Waals surface area (Å²) in [5.74, 6) is 1.15. The molecule has 0 atom stereocenters. The van der Waals surface area contributed by atoms with Crippen molar-refractivity contribution in [2.24, 2.45) is 28.3 Å². The molecule has 18 heavy (non-hydrogen) atoms. The number of allylic oxidation sites excluding steroid dienone is 1. The molecule has 0 aromatic carbocycles. The van der Waals surface area contributed by atoms with Crippen LogP contribution in [0.3, 0.4) is 0 Å². The molecule has 0 spiro atoms. The molecule has 1 rings (SSSR count). The maximum Gasteiger partial charge on any atom is 0.306 e. The molecule has 1 aliphatic carbocycles. The monoisotopic (exact) mass is 254 g/mol. The van der Waals surface area contributed by atoms with Crippen LogP contribution in [0.2, 0.25) is 0 Å². The quantitative estimate of drug-likeness (QED) is 0.333. The SMILES string of the molecule is C/C=C(\C(N)=NCC1CCC(CN)CC1)[N+](=O)[O-]. The van der Waals surface area contributed by atoms with Gasteiger partial charge in [0, 0.05) is 6.54 Å². The van der Waals surface area contributed by atoms with Crippen molar-refractivity contribution in [2.75, 3.05) is 13.1 Å². The third kappa shape index (κ3) is 4.10. The van der Waals surface area contributed by atoms with Gasteiger partial charge in [0.05, 0.1) is 4.92 Å². The molecule has 0 saturated heterocycles. The van der Waals surface area contributed by atoms with Crippen LogP contribution in [0, 0.1) is 22.0 Å². The summed E-state index contributed by atoms with van der Waals surface area (Å²) in [5.41, 5.74) is 11.1. The predicted octanol–water partition coefficient (Wildman–Crippen LogP) is 1.29. The van der Waals surface area contributed by atoms with Gasteiger partial charge in [0.1, 0.15) is 0 Å². The summed E-state index contributed by atoms with van der Waals surface area (Å²) in [4.78, 5) is 14.3. The molecule has 1 aliphatic rings. The first-order chi connectivity index (χ1) is 8.58. The van der Waals surface area contributed by atoms with E-state index in [1.165, 1.54) is 6.08 Å². The number of amidine groups is 1. The van der Waals surface area contributed by atoms with Crippen molar-refractivity contribution in [2.45, 2.75) is 32.6 Å². The molecule has 102 valence electrons. The van der Waals surface area contributed by atoms with Gasteiger partial charge in [0.15, 0.2) is 5.84 Å². The van der Waals surface area contributed by atoms with E-state index in [0.29, 0.717) is 18.4 Å². The summed E-state index contributed by atoms with van der Waals surface area (Å²) in [7, 11) is 0. The Bertz CT molecular complexity index is 344. The lowest BCUT2D eigenvalue weighted by Crippen LogP contribution is -2.25. The summed E-state index contributed by atoms with van der Waals surface area (Å²) in [6.07, 6.45) is 5.80. The Hall–Kier alpha value is -1.43. The van der Waals surface area contributed by atoms with Crippen molar-refractivity contribution in [1.29, 1.82) is 0 Å². The van der Waals surface area contributed by atoms with E-state index in [-0.39, 0.29) is 11.5 Å².